The van der Waals surface area contributed by atoms with E-state index >= 15 is 0 Å². The molecule has 1 rings (SSSR count). The summed E-state index contributed by atoms with van der Waals surface area (Å²) in [6.07, 6.45) is 3.90. The maximum atomic E-state index is 11.5. The summed E-state index contributed by atoms with van der Waals surface area (Å²) in [5.41, 5.74) is 0. The van der Waals surface area contributed by atoms with E-state index in [1.165, 1.54) is 17.7 Å². The molecule has 0 bridgehead atoms. The highest BCUT2D eigenvalue weighted by atomic mass is 16.2. The lowest BCUT2D eigenvalue weighted by Crippen LogP contribution is -2.41. The van der Waals surface area contributed by atoms with Crippen LogP contribution in [0, 0.1) is 0 Å². The number of likely N-dealkylation sites (N-methyl/N-ethyl adjacent to an activating group) is 1. The van der Waals surface area contributed by atoms with Crippen LogP contribution < -0.4 is 10.6 Å². The molecule has 1 unspecified atom stereocenters. The predicted octanol–water partition coefficient (Wildman–Crippen LogP) is -0.277. The lowest BCUT2D eigenvalue weighted by molar-refractivity contribution is -0.131. The summed E-state index contributed by atoms with van der Waals surface area (Å²) in [5, 5.41) is 5.95. The third kappa shape index (κ3) is 4.61. The van der Waals surface area contributed by atoms with Crippen molar-refractivity contribution in [3.63, 3.8) is 0 Å². The SMILES string of the molecule is CN(C)C(=O)CNC(=O)CC1CCCCN1. The first-order chi connectivity index (χ1) is 7.59. The van der Waals surface area contributed by atoms with E-state index in [4.69, 9.17) is 0 Å². The lowest BCUT2D eigenvalue weighted by Gasteiger charge is -2.22. The van der Waals surface area contributed by atoms with E-state index in [0.717, 1.165) is 13.0 Å². The molecule has 0 aromatic rings. The zero-order valence-corrected chi connectivity index (χ0v) is 10.1. The van der Waals surface area contributed by atoms with Crippen molar-refractivity contribution >= 4 is 11.8 Å². The lowest BCUT2D eigenvalue weighted by atomic mass is 10.0. The van der Waals surface area contributed by atoms with E-state index in [-0.39, 0.29) is 24.4 Å². The van der Waals surface area contributed by atoms with Crippen LogP contribution in [0.4, 0.5) is 0 Å². The summed E-state index contributed by atoms with van der Waals surface area (Å²) in [6.45, 7) is 1.09. The van der Waals surface area contributed by atoms with E-state index in [9.17, 15) is 9.59 Å². The van der Waals surface area contributed by atoms with Gasteiger partial charge in [0.15, 0.2) is 0 Å². The van der Waals surface area contributed by atoms with Crippen molar-refractivity contribution in [1.29, 1.82) is 0 Å². The van der Waals surface area contributed by atoms with Gasteiger partial charge in [-0.15, -0.1) is 0 Å². The van der Waals surface area contributed by atoms with Crippen molar-refractivity contribution < 1.29 is 9.59 Å². The van der Waals surface area contributed by atoms with Gasteiger partial charge < -0.3 is 15.5 Å². The predicted molar refractivity (Wildman–Crippen MR) is 62.0 cm³/mol. The van der Waals surface area contributed by atoms with Gasteiger partial charge in [-0.3, -0.25) is 9.59 Å². The van der Waals surface area contributed by atoms with Gasteiger partial charge in [-0.05, 0) is 19.4 Å². The van der Waals surface area contributed by atoms with Crippen LogP contribution in [0.5, 0.6) is 0 Å². The molecule has 0 aromatic carbocycles. The standard InChI is InChI=1S/C11H21N3O2/c1-14(2)11(16)8-13-10(15)7-9-5-3-4-6-12-9/h9,12H,3-8H2,1-2H3,(H,13,15). The maximum Gasteiger partial charge on any atom is 0.241 e. The number of amides is 2. The second-order valence-corrected chi connectivity index (χ2v) is 4.42. The van der Waals surface area contributed by atoms with E-state index in [2.05, 4.69) is 10.6 Å². The van der Waals surface area contributed by atoms with Crippen LogP contribution in [-0.4, -0.2) is 49.9 Å². The van der Waals surface area contributed by atoms with Crippen LogP contribution in [0.25, 0.3) is 0 Å². The number of hydrogen-bond acceptors (Lipinski definition) is 3. The van der Waals surface area contributed by atoms with Gasteiger partial charge in [-0.1, -0.05) is 6.42 Å². The number of piperidine rings is 1. The van der Waals surface area contributed by atoms with Crippen LogP contribution in [-0.2, 0) is 9.59 Å². The minimum Gasteiger partial charge on any atom is -0.347 e. The largest absolute Gasteiger partial charge is 0.347 e. The Bertz CT molecular complexity index is 248. The molecule has 1 aliphatic heterocycles. The second kappa shape index (κ2) is 6.48. The average molecular weight is 227 g/mol. The van der Waals surface area contributed by atoms with Crippen LogP contribution >= 0.6 is 0 Å². The quantitative estimate of drug-likeness (QED) is 0.694. The first-order valence-corrected chi connectivity index (χ1v) is 5.80. The molecule has 92 valence electrons. The molecule has 1 fully saturated rings. The maximum absolute atomic E-state index is 11.5. The highest BCUT2D eigenvalue weighted by molar-refractivity contribution is 5.84. The second-order valence-electron chi connectivity index (χ2n) is 4.42. The van der Waals surface area contributed by atoms with Gasteiger partial charge in [0.05, 0.1) is 6.54 Å². The molecule has 2 N–H and O–H groups in total. The molecule has 1 heterocycles. The van der Waals surface area contributed by atoms with Crippen molar-refractivity contribution in [2.24, 2.45) is 0 Å². The van der Waals surface area contributed by atoms with Gasteiger partial charge in [0.25, 0.3) is 0 Å². The minimum atomic E-state index is -0.0787. The summed E-state index contributed by atoms with van der Waals surface area (Å²) >= 11 is 0. The number of hydrogen-bond donors (Lipinski definition) is 2. The van der Waals surface area contributed by atoms with Crippen LogP contribution in [0.1, 0.15) is 25.7 Å². The third-order valence-electron chi connectivity index (χ3n) is 2.78. The Labute approximate surface area is 96.6 Å². The fourth-order valence-corrected chi connectivity index (χ4v) is 1.73. The van der Waals surface area contributed by atoms with Gasteiger partial charge in [-0.2, -0.15) is 0 Å². The fourth-order valence-electron chi connectivity index (χ4n) is 1.73. The summed E-state index contributed by atoms with van der Waals surface area (Å²) in [4.78, 5) is 24.2. The highest BCUT2D eigenvalue weighted by Gasteiger charge is 2.16. The Balaban J connectivity index is 2.17. The summed E-state index contributed by atoms with van der Waals surface area (Å²) in [5.74, 6) is -0.125. The van der Waals surface area contributed by atoms with E-state index < -0.39 is 0 Å². The normalized spacial score (nSPS) is 20.2. The molecule has 1 saturated heterocycles. The minimum absolute atomic E-state index is 0.0467. The van der Waals surface area contributed by atoms with Gasteiger partial charge in [0.1, 0.15) is 0 Å². The summed E-state index contributed by atoms with van der Waals surface area (Å²) in [6, 6.07) is 0.281. The smallest absolute Gasteiger partial charge is 0.241 e. The molecule has 1 atom stereocenters. The van der Waals surface area contributed by atoms with Crippen molar-refractivity contribution in [2.45, 2.75) is 31.7 Å². The number of carbonyl (C=O) groups is 2. The topological polar surface area (TPSA) is 61.4 Å². The molecule has 2 amide bonds. The molecule has 1 aliphatic rings. The number of carbonyl (C=O) groups excluding carboxylic acids is 2. The number of nitrogens with one attached hydrogen (secondary N) is 2. The van der Waals surface area contributed by atoms with Crippen molar-refractivity contribution in [3.8, 4) is 0 Å². The Morgan fingerprint density at radius 3 is 2.69 bits per heavy atom. The van der Waals surface area contributed by atoms with E-state index in [0.29, 0.717) is 6.42 Å². The third-order valence-corrected chi connectivity index (χ3v) is 2.78. The van der Waals surface area contributed by atoms with Crippen LogP contribution in [0.3, 0.4) is 0 Å². The molecule has 5 nitrogen and oxygen atoms in total. The van der Waals surface area contributed by atoms with Crippen LogP contribution in [0.2, 0.25) is 0 Å². The number of nitrogens with zero attached hydrogens (tertiary/aromatic N) is 1. The first kappa shape index (κ1) is 13.0. The Morgan fingerprint density at radius 2 is 2.12 bits per heavy atom. The highest BCUT2D eigenvalue weighted by Crippen LogP contribution is 2.09. The summed E-state index contributed by atoms with van der Waals surface area (Å²) < 4.78 is 0. The molecular formula is C11H21N3O2. The van der Waals surface area contributed by atoms with Gasteiger partial charge in [0.2, 0.25) is 11.8 Å². The van der Waals surface area contributed by atoms with Gasteiger partial charge in [-0.25, -0.2) is 0 Å². The first-order valence-electron chi connectivity index (χ1n) is 5.80. The zero-order valence-electron chi connectivity index (χ0n) is 10.1. The Hall–Kier alpha value is -1.10. The average Bonchev–Trinajstić information content (AvgIpc) is 2.27. The molecule has 0 spiro atoms. The van der Waals surface area contributed by atoms with Crippen LogP contribution in [0.15, 0.2) is 0 Å². The fraction of sp³-hybridized carbons (Fsp3) is 0.818. The molecular weight excluding hydrogens is 206 g/mol. The summed E-state index contributed by atoms with van der Waals surface area (Å²) in [7, 11) is 3.36. The number of rotatable bonds is 4. The molecule has 0 saturated carbocycles. The molecule has 16 heavy (non-hydrogen) atoms. The van der Waals surface area contributed by atoms with Gasteiger partial charge >= 0.3 is 0 Å². The van der Waals surface area contributed by atoms with Crippen molar-refractivity contribution in [1.82, 2.24) is 15.5 Å². The molecule has 0 aliphatic carbocycles. The Kier molecular flexibility index (Phi) is 5.25. The van der Waals surface area contributed by atoms with E-state index in [1.54, 1.807) is 14.1 Å². The molecule has 0 radical (unpaired) electrons. The van der Waals surface area contributed by atoms with Crippen molar-refractivity contribution in [2.75, 3.05) is 27.2 Å². The van der Waals surface area contributed by atoms with Crippen molar-refractivity contribution in [3.05, 3.63) is 0 Å². The zero-order chi connectivity index (χ0) is 12.0. The monoisotopic (exact) mass is 227 g/mol. The Morgan fingerprint density at radius 1 is 1.38 bits per heavy atom. The molecule has 0 aromatic heterocycles. The van der Waals surface area contributed by atoms with E-state index in [1.807, 2.05) is 0 Å². The molecule has 5 heteroatoms. The van der Waals surface area contributed by atoms with Gasteiger partial charge in [0, 0.05) is 26.6 Å².